The van der Waals surface area contributed by atoms with Crippen molar-refractivity contribution >= 4 is 17.2 Å². The van der Waals surface area contributed by atoms with E-state index in [0.29, 0.717) is 13.1 Å². The summed E-state index contributed by atoms with van der Waals surface area (Å²) in [6.07, 6.45) is 0. The first-order valence-electron chi connectivity index (χ1n) is 7.33. The van der Waals surface area contributed by atoms with Crippen LogP contribution >= 0.6 is 11.3 Å². The summed E-state index contributed by atoms with van der Waals surface area (Å²) in [6.45, 7) is 6.99. The second kappa shape index (κ2) is 7.03. The molecule has 4 nitrogen and oxygen atoms in total. The summed E-state index contributed by atoms with van der Waals surface area (Å²) >= 11 is 1.64. The number of rotatable bonds is 5. The Bertz CT molecular complexity index is 616. The zero-order chi connectivity index (χ0) is 16.2. The quantitative estimate of drug-likeness (QED) is 0.921. The minimum absolute atomic E-state index is 0.0357. The second-order valence-electron chi connectivity index (χ2n) is 6.48. The fourth-order valence-electron chi connectivity index (χ4n) is 2.13. The lowest BCUT2D eigenvalue weighted by molar-refractivity contribution is -0.123. The Balaban J connectivity index is 1.91. The van der Waals surface area contributed by atoms with E-state index >= 15 is 0 Å². The minimum atomic E-state index is -0.195. The molecule has 1 N–H and O–H groups in total. The van der Waals surface area contributed by atoms with Gasteiger partial charge in [0.25, 0.3) is 0 Å². The smallest absolute Gasteiger partial charge is 0.234 e. The van der Waals surface area contributed by atoms with Gasteiger partial charge in [0.1, 0.15) is 5.01 Å². The van der Waals surface area contributed by atoms with Gasteiger partial charge in [-0.15, -0.1) is 11.3 Å². The molecule has 1 aromatic carbocycles. The molecule has 118 valence electrons. The molecule has 2 aromatic rings. The summed E-state index contributed by atoms with van der Waals surface area (Å²) in [7, 11) is 1.93. The topological polar surface area (TPSA) is 45.2 Å². The van der Waals surface area contributed by atoms with E-state index in [9.17, 15) is 4.79 Å². The van der Waals surface area contributed by atoms with Gasteiger partial charge in [0, 0.05) is 23.0 Å². The highest BCUT2D eigenvalue weighted by Crippen LogP contribution is 2.23. The second-order valence-corrected chi connectivity index (χ2v) is 7.34. The zero-order valence-electron chi connectivity index (χ0n) is 13.6. The largest absolute Gasteiger partial charge is 0.350 e. The van der Waals surface area contributed by atoms with Gasteiger partial charge in [0.15, 0.2) is 0 Å². The molecule has 5 heteroatoms. The number of benzene rings is 1. The molecule has 0 unspecified atom stereocenters. The van der Waals surface area contributed by atoms with Crippen molar-refractivity contribution in [2.24, 2.45) is 0 Å². The molecule has 22 heavy (non-hydrogen) atoms. The van der Waals surface area contributed by atoms with Crippen LogP contribution in [0.1, 0.15) is 26.5 Å². The molecule has 0 fully saturated rings. The van der Waals surface area contributed by atoms with E-state index in [1.165, 1.54) is 0 Å². The first kappa shape index (κ1) is 16.6. The fraction of sp³-hybridized carbons (Fsp3) is 0.412. The van der Waals surface area contributed by atoms with Crippen molar-refractivity contribution < 1.29 is 4.79 Å². The fourth-order valence-corrected chi connectivity index (χ4v) is 2.95. The van der Waals surface area contributed by atoms with Crippen LogP contribution in [0.4, 0.5) is 0 Å². The van der Waals surface area contributed by atoms with Gasteiger partial charge in [-0.25, -0.2) is 4.98 Å². The summed E-state index contributed by atoms with van der Waals surface area (Å²) in [5.41, 5.74) is 1.93. The van der Waals surface area contributed by atoms with Gasteiger partial charge in [-0.2, -0.15) is 0 Å². The molecule has 1 aromatic heterocycles. The van der Waals surface area contributed by atoms with E-state index in [1.807, 2.05) is 50.9 Å². The standard InChI is InChI=1S/C17H23N3OS/c1-17(2,3)19-15(21)11-20(4)10-14-12-22-16(18-14)13-8-6-5-7-9-13/h5-9,12H,10-11H2,1-4H3,(H,19,21). The third kappa shape index (κ3) is 5.24. The van der Waals surface area contributed by atoms with Crippen LogP contribution in [-0.4, -0.2) is 34.9 Å². The Morgan fingerprint density at radius 1 is 1.27 bits per heavy atom. The molecule has 0 aliphatic rings. The van der Waals surface area contributed by atoms with Crippen LogP contribution in [0.2, 0.25) is 0 Å². The van der Waals surface area contributed by atoms with Crippen molar-refractivity contribution in [2.75, 3.05) is 13.6 Å². The van der Waals surface area contributed by atoms with Crippen LogP contribution in [0.25, 0.3) is 10.6 Å². The minimum Gasteiger partial charge on any atom is -0.350 e. The highest BCUT2D eigenvalue weighted by atomic mass is 32.1. The number of thiazole rings is 1. The molecule has 2 rings (SSSR count). The molecule has 1 amide bonds. The number of hydrogen-bond donors (Lipinski definition) is 1. The van der Waals surface area contributed by atoms with Gasteiger partial charge < -0.3 is 5.32 Å². The van der Waals surface area contributed by atoms with E-state index in [1.54, 1.807) is 11.3 Å². The molecule has 1 heterocycles. The van der Waals surface area contributed by atoms with Crippen molar-refractivity contribution in [1.29, 1.82) is 0 Å². The van der Waals surface area contributed by atoms with Gasteiger partial charge in [0.05, 0.1) is 12.2 Å². The summed E-state index contributed by atoms with van der Waals surface area (Å²) in [5, 5.41) is 6.04. The van der Waals surface area contributed by atoms with Gasteiger partial charge >= 0.3 is 0 Å². The molecular formula is C17H23N3OS. The van der Waals surface area contributed by atoms with Gasteiger partial charge in [-0.3, -0.25) is 9.69 Å². The van der Waals surface area contributed by atoms with E-state index in [2.05, 4.69) is 27.8 Å². The Kier molecular flexibility index (Phi) is 5.32. The Morgan fingerprint density at radius 2 is 1.95 bits per heavy atom. The summed E-state index contributed by atoms with van der Waals surface area (Å²) < 4.78 is 0. The molecule has 0 aliphatic heterocycles. The number of amides is 1. The van der Waals surface area contributed by atoms with E-state index in [0.717, 1.165) is 16.3 Å². The lowest BCUT2D eigenvalue weighted by Gasteiger charge is -2.23. The SMILES string of the molecule is CN(CC(=O)NC(C)(C)C)Cc1csc(-c2ccccc2)n1. The average Bonchev–Trinajstić information content (AvgIpc) is 2.85. The normalized spacial score (nSPS) is 11.7. The number of likely N-dealkylation sites (N-methyl/N-ethyl adjacent to an activating group) is 1. The number of carbonyl (C=O) groups excluding carboxylic acids is 1. The molecular weight excluding hydrogens is 294 g/mol. The molecule has 0 aliphatic carbocycles. The van der Waals surface area contributed by atoms with Crippen LogP contribution in [0.15, 0.2) is 35.7 Å². The highest BCUT2D eigenvalue weighted by molar-refractivity contribution is 7.13. The molecule has 0 saturated carbocycles. The lowest BCUT2D eigenvalue weighted by Crippen LogP contribution is -2.45. The zero-order valence-corrected chi connectivity index (χ0v) is 14.4. The van der Waals surface area contributed by atoms with Crippen LogP contribution in [-0.2, 0) is 11.3 Å². The van der Waals surface area contributed by atoms with Crippen molar-refractivity contribution in [2.45, 2.75) is 32.9 Å². The molecule has 0 spiro atoms. The predicted molar refractivity (Wildman–Crippen MR) is 91.8 cm³/mol. The molecule has 0 saturated heterocycles. The molecule has 0 bridgehead atoms. The van der Waals surface area contributed by atoms with E-state index < -0.39 is 0 Å². The number of hydrogen-bond acceptors (Lipinski definition) is 4. The van der Waals surface area contributed by atoms with Crippen molar-refractivity contribution in [3.8, 4) is 10.6 Å². The average molecular weight is 317 g/mol. The van der Waals surface area contributed by atoms with Crippen LogP contribution in [0, 0.1) is 0 Å². The summed E-state index contributed by atoms with van der Waals surface area (Å²) in [6, 6.07) is 10.1. The summed E-state index contributed by atoms with van der Waals surface area (Å²) in [4.78, 5) is 18.5. The van der Waals surface area contributed by atoms with Crippen LogP contribution in [0.5, 0.6) is 0 Å². The Labute approximate surface area is 136 Å². The molecule has 0 radical (unpaired) electrons. The first-order chi connectivity index (χ1) is 10.3. The van der Waals surface area contributed by atoms with Crippen molar-refractivity contribution in [3.05, 3.63) is 41.4 Å². The van der Waals surface area contributed by atoms with Crippen LogP contribution < -0.4 is 5.32 Å². The number of nitrogens with zero attached hydrogens (tertiary/aromatic N) is 2. The Morgan fingerprint density at radius 3 is 2.59 bits per heavy atom. The van der Waals surface area contributed by atoms with E-state index in [-0.39, 0.29) is 11.4 Å². The van der Waals surface area contributed by atoms with Crippen molar-refractivity contribution in [3.63, 3.8) is 0 Å². The third-order valence-electron chi connectivity index (χ3n) is 2.93. The number of carbonyl (C=O) groups is 1. The third-order valence-corrected chi connectivity index (χ3v) is 3.87. The monoisotopic (exact) mass is 317 g/mol. The lowest BCUT2D eigenvalue weighted by atomic mass is 10.1. The van der Waals surface area contributed by atoms with Crippen molar-refractivity contribution in [1.82, 2.24) is 15.2 Å². The Hall–Kier alpha value is -1.72. The van der Waals surface area contributed by atoms with Gasteiger partial charge in [0.2, 0.25) is 5.91 Å². The number of aromatic nitrogens is 1. The van der Waals surface area contributed by atoms with Crippen LogP contribution in [0.3, 0.4) is 0 Å². The molecule has 0 atom stereocenters. The maximum Gasteiger partial charge on any atom is 0.234 e. The number of nitrogens with one attached hydrogen (secondary N) is 1. The maximum absolute atomic E-state index is 11.9. The van der Waals surface area contributed by atoms with Gasteiger partial charge in [-0.05, 0) is 27.8 Å². The maximum atomic E-state index is 11.9. The predicted octanol–water partition coefficient (Wildman–Crippen LogP) is 3.16. The highest BCUT2D eigenvalue weighted by Gasteiger charge is 2.15. The van der Waals surface area contributed by atoms with Gasteiger partial charge in [-0.1, -0.05) is 30.3 Å². The summed E-state index contributed by atoms with van der Waals surface area (Å²) in [5.74, 6) is 0.0357. The first-order valence-corrected chi connectivity index (χ1v) is 8.21. The van der Waals surface area contributed by atoms with E-state index in [4.69, 9.17) is 0 Å².